The Bertz CT molecular complexity index is 662. The van der Waals surface area contributed by atoms with Crippen LogP contribution in [0.3, 0.4) is 0 Å². The first kappa shape index (κ1) is 16.0. The van der Waals surface area contributed by atoms with Crippen molar-refractivity contribution in [1.82, 2.24) is 5.32 Å². The highest BCUT2D eigenvalue weighted by Gasteiger charge is 2.07. The van der Waals surface area contributed by atoms with E-state index in [4.69, 9.17) is 16.3 Å². The number of carbonyl (C=O) groups excluding carboxylic acids is 1. The molecule has 0 heterocycles. The first-order valence-corrected chi connectivity index (χ1v) is 7.13. The molecule has 2 aromatic rings. The van der Waals surface area contributed by atoms with Crippen molar-refractivity contribution in [2.75, 3.05) is 19.0 Å². The summed E-state index contributed by atoms with van der Waals surface area (Å²) in [6.45, 7) is 0.438. The average molecular weight is 321 g/mol. The number of halogens is 1. The molecule has 0 fully saturated rings. The summed E-state index contributed by atoms with van der Waals surface area (Å²) in [5, 5.41) is 15.3. The fraction of sp³-hybridized carbons (Fsp3) is 0.188. The van der Waals surface area contributed by atoms with E-state index in [2.05, 4.69) is 10.6 Å². The minimum atomic E-state index is -0.410. The van der Waals surface area contributed by atoms with E-state index >= 15 is 0 Å². The standard InChI is InChI=1S/C16H17ClN2O3/c1-22-15-5-3-2-4-11(15)8-9-18-16(21)19-13-10-12(17)6-7-14(13)20/h2-7,10,20H,8-9H2,1H3,(H2,18,19,21). The molecule has 0 bridgehead atoms. The van der Waals surface area contributed by atoms with E-state index in [0.29, 0.717) is 18.0 Å². The van der Waals surface area contributed by atoms with E-state index in [1.165, 1.54) is 12.1 Å². The van der Waals surface area contributed by atoms with Crippen molar-refractivity contribution in [2.45, 2.75) is 6.42 Å². The van der Waals surface area contributed by atoms with E-state index < -0.39 is 6.03 Å². The molecule has 0 aliphatic rings. The minimum absolute atomic E-state index is 0.0377. The molecule has 0 radical (unpaired) electrons. The zero-order valence-electron chi connectivity index (χ0n) is 12.1. The van der Waals surface area contributed by atoms with Crippen LogP contribution in [0.15, 0.2) is 42.5 Å². The number of phenolic OH excluding ortho intramolecular Hbond substituents is 1. The summed E-state index contributed by atoms with van der Waals surface area (Å²) in [4.78, 5) is 11.8. The summed E-state index contributed by atoms with van der Waals surface area (Å²) in [6.07, 6.45) is 0.638. The Morgan fingerprint density at radius 3 is 2.82 bits per heavy atom. The van der Waals surface area contributed by atoms with Crippen LogP contribution < -0.4 is 15.4 Å². The van der Waals surface area contributed by atoms with Gasteiger partial charge in [-0.1, -0.05) is 29.8 Å². The maximum atomic E-state index is 11.8. The number of urea groups is 1. The highest BCUT2D eigenvalue weighted by molar-refractivity contribution is 6.31. The number of hydrogen-bond donors (Lipinski definition) is 3. The minimum Gasteiger partial charge on any atom is -0.506 e. The van der Waals surface area contributed by atoms with Gasteiger partial charge in [0.1, 0.15) is 11.5 Å². The van der Waals surface area contributed by atoms with Crippen LogP contribution in [-0.4, -0.2) is 24.8 Å². The molecule has 0 aromatic heterocycles. The topological polar surface area (TPSA) is 70.6 Å². The van der Waals surface area contributed by atoms with Gasteiger partial charge in [0.05, 0.1) is 12.8 Å². The summed E-state index contributed by atoms with van der Waals surface area (Å²) in [6, 6.07) is 11.7. The number of carbonyl (C=O) groups is 1. The van der Waals surface area contributed by atoms with Crippen LogP contribution in [0.5, 0.6) is 11.5 Å². The van der Waals surface area contributed by atoms with Gasteiger partial charge in [-0.15, -0.1) is 0 Å². The number of aromatic hydroxyl groups is 1. The second-order valence-corrected chi connectivity index (χ2v) is 5.04. The number of para-hydroxylation sites is 1. The molecular weight excluding hydrogens is 304 g/mol. The second kappa shape index (κ2) is 7.56. The molecule has 116 valence electrons. The molecule has 0 unspecified atom stereocenters. The molecule has 0 atom stereocenters. The number of phenols is 1. The molecule has 6 heteroatoms. The van der Waals surface area contributed by atoms with Crippen LogP contribution in [0.25, 0.3) is 0 Å². The number of anilines is 1. The predicted molar refractivity (Wildman–Crippen MR) is 86.8 cm³/mol. The lowest BCUT2D eigenvalue weighted by Crippen LogP contribution is -2.30. The van der Waals surface area contributed by atoms with Crippen molar-refractivity contribution >= 4 is 23.3 Å². The third-order valence-corrected chi connectivity index (χ3v) is 3.31. The van der Waals surface area contributed by atoms with Gasteiger partial charge in [-0.3, -0.25) is 0 Å². The van der Waals surface area contributed by atoms with Crippen LogP contribution in [0.4, 0.5) is 10.5 Å². The Hall–Kier alpha value is -2.40. The van der Waals surface area contributed by atoms with Gasteiger partial charge in [-0.05, 0) is 36.2 Å². The maximum absolute atomic E-state index is 11.8. The Morgan fingerprint density at radius 1 is 1.27 bits per heavy atom. The van der Waals surface area contributed by atoms with Gasteiger partial charge in [0.15, 0.2) is 0 Å². The predicted octanol–water partition coefficient (Wildman–Crippen LogP) is 3.42. The smallest absolute Gasteiger partial charge is 0.319 e. The molecule has 0 saturated heterocycles. The molecule has 0 saturated carbocycles. The number of hydrogen-bond acceptors (Lipinski definition) is 3. The van der Waals surface area contributed by atoms with Crippen LogP contribution in [0, 0.1) is 0 Å². The zero-order valence-corrected chi connectivity index (χ0v) is 12.9. The molecule has 2 rings (SSSR count). The first-order valence-electron chi connectivity index (χ1n) is 6.75. The van der Waals surface area contributed by atoms with Crippen molar-refractivity contribution in [3.63, 3.8) is 0 Å². The molecule has 0 spiro atoms. The van der Waals surface area contributed by atoms with E-state index in [1.807, 2.05) is 24.3 Å². The fourth-order valence-electron chi connectivity index (χ4n) is 2.00. The quantitative estimate of drug-likeness (QED) is 0.739. The molecule has 5 nitrogen and oxygen atoms in total. The number of rotatable bonds is 5. The molecule has 22 heavy (non-hydrogen) atoms. The zero-order chi connectivity index (χ0) is 15.9. The molecule has 3 N–H and O–H groups in total. The van der Waals surface area contributed by atoms with Gasteiger partial charge >= 0.3 is 6.03 Å². The van der Waals surface area contributed by atoms with Crippen molar-refractivity contribution in [2.24, 2.45) is 0 Å². The molecular formula is C16H17ClN2O3. The molecule has 2 aromatic carbocycles. The fourth-order valence-corrected chi connectivity index (χ4v) is 2.17. The third kappa shape index (κ3) is 4.30. The summed E-state index contributed by atoms with van der Waals surface area (Å²) in [7, 11) is 1.61. The van der Waals surface area contributed by atoms with Crippen molar-refractivity contribution < 1.29 is 14.6 Å². The molecule has 0 aliphatic heterocycles. The lowest BCUT2D eigenvalue weighted by molar-refractivity contribution is 0.252. The largest absolute Gasteiger partial charge is 0.506 e. The third-order valence-electron chi connectivity index (χ3n) is 3.08. The van der Waals surface area contributed by atoms with Crippen LogP contribution in [-0.2, 0) is 6.42 Å². The summed E-state index contributed by atoms with van der Waals surface area (Å²) >= 11 is 5.82. The molecule has 2 amide bonds. The van der Waals surface area contributed by atoms with Gasteiger partial charge in [0.25, 0.3) is 0 Å². The van der Waals surface area contributed by atoms with Gasteiger partial charge in [0.2, 0.25) is 0 Å². The van der Waals surface area contributed by atoms with Gasteiger partial charge < -0.3 is 20.5 Å². The lowest BCUT2D eigenvalue weighted by Gasteiger charge is -2.11. The van der Waals surface area contributed by atoms with Crippen LogP contribution in [0.1, 0.15) is 5.56 Å². The number of methoxy groups -OCH3 is 1. The van der Waals surface area contributed by atoms with Gasteiger partial charge in [0, 0.05) is 11.6 Å². The number of benzene rings is 2. The van der Waals surface area contributed by atoms with Crippen molar-refractivity contribution in [1.29, 1.82) is 0 Å². The van der Waals surface area contributed by atoms with Crippen molar-refractivity contribution in [3.05, 3.63) is 53.1 Å². The number of ether oxygens (including phenoxy) is 1. The Balaban J connectivity index is 1.87. The Labute approximate surface area is 133 Å². The van der Waals surface area contributed by atoms with Crippen LogP contribution >= 0.6 is 11.6 Å². The lowest BCUT2D eigenvalue weighted by atomic mass is 10.1. The van der Waals surface area contributed by atoms with Gasteiger partial charge in [-0.25, -0.2) is 4.79 Å². The Morgan fingerprint density at radius 2 is 2.05 bits per heavy atom. The maximum Gasteiger partial charge on any atom is 0.319 e. The van der Waals surface area contributed by atoms with Crippen LogP contribution in [0.2, 0.25) is 5.02 Å². The number of amides is 2. The van der Waals surface area contributed by atoms with E-state index in [1.54, 1.807) is 13.2 Å². The monoisotopic (exact) mass is 320 g/mol. The van der Waals surface area contributed by atoms with E-state index in [-0.39, 0.29) is 11.4 Å². The SMILES string of the molecule is COc1ccccc1CCNC(=O)Nc1cc(Cl)ccc1O. The highest BCUT2D eigenvalue weighted by Crippen LogP contribution is 2.26. The number of nitrogens with one attached hydrogen (secondary N) is 2. The average Bonchev–Trinajstić information content (AvgIpc) is 2.51. The normalized spacial score (nSPS) is 10.1. The summed E-state index contributed by atoms with van der Waals surface area (Å²) in [5.41, 5.74) is 1.28. The summed E-state index contributed by atoms with van der Waals surface area (Å²) in [5.74, 6) is 0.751. The van der Waals surface area contributed by atoms with Crippen molar-refractivity contribution in [3.8, 4) is 11.5 Å². The van der Waals surface area contributed by atoms with E-state index in [0.717, 1.165) is 11.3 Å². The summed E-state index contributed by atoms with van der Waals surface area (Å²) < 4.78 is 5.25. The highest BCUT2D eigenvalue weighted by atomic mass is 35.5. The second-order valence-electron chi connectivity index (χ2n) is 4.60. The first-order chi connectivity index (χ1) is 10.6. The van der Waals surface area contributed by atoms with E-state index in [9.17, 15) is 9.90 Å². The van der Waals surface area contributed by atoms with Gasteiger partial charge in [-0.2, -0.15) is 0 Å². The Kier molecular flexibility index (Phi) is 5.49. The molecule has 0 aliphatic carbocycles.